The summed E-state index contributed by atoms with van der Waals surface area (Å²) in [6.07, 6.45) is 1.99. The van der Waals surface area contributed by atoms with Crippen molar-refractivity contribution in [3.05, 3.63) is 75.4 Å². The molecular formula is C20H22N3O6+. The van der Waals surface area contributed by atoms with Crippen molar-refractivity contribution in [1.29, 1.82) is 0 Å². The van der Waals surface area contributed by atoms with Crippen LogP contribution in [0, 0.1) is 10.1 Å². The van der Waals surface area contributed by atoms with Crippen LogP contribution in [0.1, 0.15) is 28.6 Å². The number of nitro groups is 1. The molecule has 9 nitrogen and oxygen atoms in total. The number of nitrogens with zero attached hydrogens (tertiary/aromatic N) is 2. The molecule has 2 aromatic rings. The second-order valence-electron chi connectivity index (χ2n) is 7.13. The Morgan fingerprint density at radius 3 is 2.52 bits per heavy atom. The number of hydrogen-bond acceptors (Lipinski definition) is 6. The average molecular weight is 400 g/mol. The summed E-state index contributed by atoms with van der Waals surface area (Å²) in [4.78, 5) is 38.8. The third kappa shape index (κ3) is 4.04. The number of rotatable bonds is 8. The van der Waals surface area contributed by atoms with Crippen LogP contribution in [0.2, 0.25) is 0 Å². The van der Waals surface area contributed by atoms with E-state index in [1.54, 1.807) is 6.07 Å². The molecule has 1 aliphatic heterocycles. The summed E-state index contributed by atoms with van der Waals surface area (Å²) in [7, 11) is 3.97. The molecule has 1 aliphatic rings. The van der Waals surface area contributed by atoms with E-state index in [9.17, 15) is 24.8 Å². The molecule has 0 saturated heterocycles. The Kier molecular flexibility index (Phi) is 5.79. The van der Waals surface area contributed by atoms with Gasteiger partial charge in [-0.15, -0.1) is 0 Å². The lowest BCUT2D eigenvalue weighted by Gasteiger charge is -2.26. The Morgan fingerprint density at radius 2 is 1.97 bits per heavy atom. The zero-order chi connectivity index (χ0) is 21.1. The van der Waals surface area contributed by atoms with E-state index >= 15 is 0 Å². The number of amides is 1. The highest BCUT2D eigenvalue weighted by atomic mass is 16.6. The molecule has 0 aliphatic carbocycles. The molecular weight excluding hydrogens is 378 g/mol. The quantitative estimate of drug-likeness (QED) is 0.392. The minimum Gasteiger partial charge on any atom is -0.503 e. The molecule has 0 bridgehead atoms. The lowest BCUT2D eigenvalue weighted by molar-refractivity contribution is -0.858. The number of aliphatic hydroxyl groups excluding tert-OH is 1. The number of ketones is 1. The van der Waals surface area contributed by atoms with Crippen LogP contribution in [0.25, 0.3) is 0 Å². The van der Waals surface area contributed by atoms with Gasteiger partial charge in [0, 0.05) is 25.1 Å². The molecule has 2 N–H and O–H groups in total. The number of benzene rings is 1. The maximum Gasteiger partial charge on any atom is 0.290 e. The van der Waals surface area contributed by atoms with Gasteiger partial charge in [0.2, 0.25) is 5.78 Å². The Labute approximate surface area is 167 Å². The highest BCUT2D eigenvalue weighted by Crippen LogP contribution is 2.39. The number of non-ortho nitro benzene ring substituents is 1. The Morgan fingerprint density at radius 1 is 1.28 bits per heavy atom. The molecule has 0 fully saturated rings. The average Bonchev–Trinajstić information content (AvgIpc) is 3.30. The molecule has 1 amide bonds. The number of Topliss-reactive ketones (excluding diaryl/α,β-unsaturated/α-hetero) is 1. The van der Waals surface area contributed by atoms with Crippen molar-refractivity contribution in [2.24, 2.45) is 0 Å². The first kappa shape index (κ1) is 20.3. The highest BCUT2D eigenvalue weighted by Gasteiger charge is 2.44. The van der Waals surface area contributed by atoms with Crippen molar-refractivity contribution in [3.8, 4) is 0 Å². The number of nitrogens with one attached hydrogen (secondary N) is 1. The normalized spacial score (nSPS) is 16.7. The van der Waals surface area contributed by atoms with E-state index in [0.29, 0.717) is 18.5 Å². The zero-order valence-electron chi connectivity index (χ0n) is 16.1. The number of furan rings is 1. The predicted molar refractivity (Wildman–Crippen MR) is 103 cm³/mol. The van der Waals surface area contributed by atoms with Crippen molar-refractivity contribution in [2.45, 2.75) is 12.5 Å². The van der Waals surface area contributed by atoms with E-state index in [-0.39, 0.29) is 17.0 Å². The van der Waals surface area contributed by atoms with Gasteiger partial charge in [-0.05, 0) is 29.8 Å². The van der Waals surface area contributed by atoms with Crippen LogP contribution in [0.4, 0.5) is 5.69 Å². The largest absolute Gasteiger partial charge is 0.503 e. The van der Waals surface area contributed by atoms with E-state index in [2.05, 4.69) is 0 Å². The fraction of sp³-hybridized carbons (Fsp3) is 0.300. The monoisotopic (exact) mass is 400 g/mol. The van der Waals surface area contributed by atoms with Crippen molar-refractivity contribution in [3.63, 3.8) is 0 Å². The molecule has 3 rings (SSSR count). The van der Waals surface area contributed by atoms with Crippen LogP contribution in [-0.4, -0.2) is 53.8 Å². The number of hydrogen-bond donors (Lipinski definition) is 2. The van der Waals surface area contributed by atoms with Gasteiger partial charge >= 0.3 is 0 Å². The number of quaternary nitrogens is 1. The van der Waals surface area contributed by atoms with Gasteiger partial charge in [0.1, 0.15) is 0 Å². The van der Waals surface area contributed by atoms with Gasteiger partial charge in [0.25, 0.3) is 11.6 Å². The van der Waals surface area contributed by atoms with Crippen LogP contribution in [0.5, 0.6) is 0 Å². The summed E-state index contributed by atoms with van der Waals surface area (Å²) in [5, 5.41) is 21.5. The zero-order valence-corrected chi connectivity index (χ0v) is 16.1. The Balaban J connectivity index is 2.00. The molecule has 0 saturated carbocycles. The van der Waals surface area contributed by atoms with Crippen LogP contribution in [0.3, 0.4) is 0 Å². The van der Waals surface area contributed by atoms with Crippen molar-refractivity contribution in [2.75, 3.05) is 27.2 Å². The molecule has 0 spiro atoms. The molecule has 0 unspecified atom stereocenters. The van der Waals surface area contributed by atoms with Gasteiger partial charge in [0.05, 0.1) is 43.4 Å². The predicted octanol–water partition coefficient (Wildman–Crippen LogP) is 1.30. The van der Waals surface area contributed by atoms with Gasteiger partial charge in [-0.3, -0.25) is 19.7 Å². The summed E-state index contributed by atoms with van der Waals surface area (Å²) < 4.78 is 5.16. The van der Waals surface area contributed by atoms with E-state index in [1.807, 2.05) is 14.1 Å². The highest BCUT2D eigenvalue weighted by molar-refractivity contribution is 6.15. The molecule has 29 heavy (non-hydrogen) atoms. The molecule has 1 aromatic heterocycles. The first-order valence-corrected chi connectivity index (χ1v) is 9.17. The van der Waals surface area contributed by atoms with Gasteiger partial charge < -0.3 is 19.3 Å². The maximum atomic E-state index is 12.9. The van der Waals surface area contributed by atoms with Gasteiger partial charge in [0.15, 0.2) is 11.5 Å². The fourth-order valence-corrected chi connectivity index (χ4v) is 3.38. The molecule has 2 heterocycles. The summed E-state index contributed by atoms with van der Waals surface area (Å²) in [5.74, 6) is -1.85. The number of carbonyl (C=O) groups excluding carboxylic acids is 2. The van der Waals surface area contributed by atoms with E-state index in [4.69, 9.17) is 4.42 Å². The van der Waals surface area contributed by atoms with E-state index < -0.39 is 28.4 Å². The standard InChI is InChI=1S/C20H21N3O6/c1-21(2)10-4-11-22-17(13-6-8-14(9-7-13)23(27)28)16(19(25)20(22)26)18(24)15-5-3-12-29-15/h3,5-9,12,17,25H,4,10-11H2,1-2H3/p+1/t17-/m1/s1. The second-order valence-corrected chi connectivity index (χ2v) is 7.13. The number of aliphatic hydroxyl groups is 1. The first-order chi connectivity index (χ1) is 13.8. The van der Waals surface area contributed by atoms with Gasteiger partial charge in [-0.2, -0.15) is 0 Å². The van der Waals surface area contributed by atoms with Crippen LogP contribution in [0.15, 0.2) is 58.4 Å². The Hall–Kier alpha value is -3.46. The van der Waals surface area contributed by atoms with Gasteiger partial charge in [-0.1, -0.05) is 0 Å². The van der Waals surface area contributed by atoms with E-state index in [0.717, 1.165) is 6.54 Å². The number of nitro benzene ring substituents is 1. The number of carbonyl (C=O) groups is 2. The third-order valence-electron chi connectivity index (χ3n) is 4.79. The van der Waals surface area contributed by atoms with Crippen molar-refractivity contribution in [1.82, 2.24) is 4.90 Å². The summed E-state index contributed by atoms with van der Waals surface area (Å²) in [5.41, 5.74) is 0.309. The smallest absolute Gasteiger partial charge is 0.290 e. The lowest BCUT2D eigenvalue weighted by atomic mass is 9.95. The summed E-state index contributed by atoms with van der Waals surface area (Å²) in [6, 6.07) is 7.76. The SMILES string of the molecule is C[NH+](C)CCCN1C(=O)C(O)=C(C(=O)c2ccco2)[C@H]1c1ccc([N+](=O)[O-])cc1. The van der Waals surface area contributed by atoms with Crippen LogP contribution >= 0.6 is 0 Å². The maximum absolute atomic E-state index is 12.9. The van der Waals surface area contributed by atoms with E-state index in [1.165, 1.54) is 46.4 Å². The van der Waals surface area contributed by atoms with Crippen LogP contribution < -0.4 is 4.90 Å². The Bertz CT molecular complexity index is 947. The van der Waals surface area contributed by atoms with Crippen molar-refractivity contribution < 1.29 is 28.9 Å². The lowest BCUT2D eigenvalue weighted by Crippen LogP contribution is -3.05. The fourth-order valence-electron chi connectivity index (χ4n) is 3.38. The topological polar surface area (TPSA) is 118 Å². The third-order valence-corrected chi connectivity index (χ3v) is 4.79. The van der Waals surface area contributed by atoms with Gasteiger partial charge in [-0.25, -0.2) is 0 Å². The molecule has 0 radical (unpaired) electrons. The van der Waals surface area contributed by atoms with Crippen molar-refractivity contribution >= 4 is 17.4 Å². The molecule has 1 aromatic carbocycles. The molecule has 152 valence electrons. The summed E-state index contributed by atoms with van der Waals surface area (Å²) >= 11 is 0. The first-order valence-electron chi connectivity index (χ1n) is 9.17. The molecule has 1 atom stereocenters. The summed E-state index contributed by atoms with van der Waals surface area (Å²) in [6.45, 7) is 1.11. The van der Waals surface area contributed by atoms with Crippen LogP contribution in [-0.2, 0) is 4.79 Å². The molecule has 9 heteroatoms. The second kappa shape index (κ2) is 8.27. The minimum absolute atomic E-state index is 0.00541. The minimum atomic E-state index is -0.849.